The van der Waals surface area contributed by atoms with Gasteiger partial charge in [-0.2, -0.15) is 4.91 Å². The van der Waals surface area contributed by atoms with E-state index in [-0.39, 0.29) is 19.3 Å². The van der Waals surface area contributed by atoms with Gasteiger partial charge in [0.15, 0.2) is 0 Å². The summed E-state index contributed by atoms with van der Waals surface area (Å²) >= 11 is 0. The fourth-order valence-corrected chi connectivity index (χ4v) is 0.461. The Bertz CT molecular complexity index is 95.0. The van der Waals surface area contributed by atoms with Crippen LogP contribution in [0.5, 0.6) is 0 Å². The van der Waals surface area contributed by atoms with E-state index < -0.39 is 6.10 Å². The summed E-state index contributed by atoms with van der Waals surface area (Å²) in [6, 6.07) is 0. The summed E-state index contributed by atoms with van der Waals surface area (Å²) in [6.07, 6.45) is -0.666. The maximum atomic E-state index is 9.67. The molecule has 0 aliphatic carbocycles. The van der Waals surface area contributed by atoms with E-state index in [4.69, 9.17) is 9.84 Å². The number of hydrogen-bond acceptors (Lipinski definition) is 4. The zero-order chi connectivity index (χ0) is 7.98. The van der Waals surface area contributed by atoms with Gasteiger partial charge >= 0.3 is 0 Å². The topological polar surface area (TPSA) is 58.9 Å². The molecule has 0 radical (unpaired) electrons. The monoisotopic (exact) mass is 147 g/mol. The van der Waals surface area contributed by atoms with Gasteiger partial charge in [-0.05, 0) is 13.8 Å². The fraction of sp³-hybridized carbons (Fsp3) is 1.00. The molecule has 2 atom stereocenters. The van der Waals surface area contributed by atoms with E-state index in [1.807, 2.05) is 0 Å². The van der Waals surface area contributed by atoms with Crippen molar-refractivity contribution in [3.8, 4) is 0 Å². The largest absolute Gasteiger partial charge is 0.391 e. The summed E-state index contributed by atoms with van der Waals surface area (Å²) in [6.45, 7) is 3.77. The third kappa shape index (κ3) is 5.65. The fourth-order valence-electron chi connectivity index (χ4n) is 0.461. The lowest BCUT2D eigenvalue weighted by molar-refractivity contribution is 0.00950. The van der Waals surface area contributed by atoms with Crippen molar-refractivity contribution in [3.05, 3.63) is 4.91 Å². The van der Waals surface area contributed by atoms with Crippen LogP contribution in [0.4, 0.5) is 0 Å². The number of hydrogen-bond donors (Lipinski definition) is 1. The molecule has 0 heterocycles. The van der Waals surface area contributed by atoms with E-state index in [2.05, 4.69) is 5.18 Å². The van der Waals surface area contributed by atoms with Crippen LogP contribution in [-0.4, -0.2) is 30.5 Å². The van der Waals surface area contributed by atoms with E-state index in [0.29, 0.717) is 0 Å². The molecule has 0 aliphatic heterocycles. The van der Waals surface area contributed by atoms with E-state index in [9.17, 15) is 4.91 Å². The minimum atomic E-state index is -0.478. The molecule has 0 rings (SSSR count). The Hall–Kier alpha value is -0.480. The lowest BCUT2D eigenvalue weighted by Gasteiger charge is -2.10. The van der Waals surface area contributed by atoms with Gasteiger partial charge in [0.1, 0.15) is 6.54 Å². The van der Waals surface area contributed by atoms with Crippen molar-refractivity contribution in [1.29, 1.82) is 0 Å². The van der Waals surface area contributed by atoms with Gasteiger partial charge in [-0.25, -0.2) is 0 Å². The molecular weight excluding hydrogens is 134 g/mol. The van der Waals surface area contributed by atoms with Crippen LogP contribution in [0.3, 0.4) is 0 Å². The zero-order valence-corrected chi connectivity index (χ0v) is 6.28. The SMILES string of the molecule is CC(O)COC(C)CN=O. The highest BCUT2D eigenvalue weighted by Gasteiger charge is 2.02. The highest BCUT2D eigenvalue weighted by molar-refractivity contribution is 4.53. The van der Waals surface area contributed by atoms with Crippen molar-refractivity contribution in [2.75, 3.05) is 13.2 Å². The van der Waals surface area contributed by atoms with Crippen molar-refractivity contribution in [2.45, 2.75) is 26.1 Å². The van der Waals surface area contributed by atoms with Crippen LogP contribution in [0.25, 0.3) is 0 Å². The molecular formula is C6H13NO3. The summed E-state index contributed by atoms with van der Waals surface area (Å²) in [5.41, 5.74) is 0. The molecule has 1 N–H and O–H groups in total. The van der Waals surface area contributed by atoms with Crippen molar-refractivity contribution >= 4 is 0 Å². The summed E-state index contributed by atoms with van der Waals surface area (Å²) in [4.78, 5) is 9.67. The molecule has 0 saturated carbocycles. The van der Waals surface area contributed by atoms with Gasteiger partial charge in [-0.1, -0.05) is 5.18 Å². The number of ether oxygens (including phenoxy) is 1. The van der Waals surface area contributed by atoms with Crippen LogP contribution >= 0.6 is 0 Å². The molecule has 4 heteroatoms. The summed E-state index contributed by atoms with van der Waals surface area (Å²) in [5.74, 6) is 0. The van der Waals surface area contributed by atoms with E-state index in [0.717, 1.165) is 0 Å². The molecule has 0 aromatic rings. The Kier molecular flexibility index (Phi) is 5.06. The molecule has 0 amide bonds. The van der Waals surface area contributed by atoms with Gasteiger partial charge in [0.05, 0.1) is 18.8 Å². The molecule has 0 bridgehead atoms. The van der Waals surface area contributed by atoms with Crippen molar-refractivity contribution in [2.24, 2.45) is 5.18 Å². The number of nitrogens with zero attached hydrogens (tertiary/aromatic N) is 1. The molecule has 0 spiro atoms. The second-order valence-corrected chi connectivity index (χ2v) is 2.30. The summed E-state index contributed by atoms with van der Waals surface area (Å²) < 4.78 is 5.00. The second-order valence-electron chi connectivity index (χ2n) is 2.30. The first kappa shape index (κ1) is 9.52. The smallest absolute Gasteiger partial charge is 0.107 e. The van der Waals surface area contributed by atoms with Crippen molar-refractivity contribution in [1.82, 2.24) is 0 Å². The Balaban J connectivity index is 3.20. The Morgan fingerprint density at radius 2 is 2.20 bits per heavy atom. The second kappa shape index (κ2) is 5.32. The van der Waals surface area contributed by atoms with E-state index in [1.54, 1.807) is 13.8 Å². The molecule has 2 unspecified atom stereocenters. The van der Waals surface area contributed by atoms with Crippen molar-refractivity contribution < 1.29 is 9.84 Å². The minimum absolute atomic E-state index is 0.146. The maximum Gasteiger partial charge on any atom is 0.107 e. The normalized spacial score (nSPS) is 16.3. The standard InChI is InChI=1S/C6H13NO3/c1-5(8)4-10-6(2)3-7-9/h5-6,8H,3-4H2,1-2H3. The Morgan fingerprint density at radius 3 is 2.60 bits per heavy atom. The highest BCUT2D eigenvalue weighted by Crippen LogP contribution is 1.92. The molecule has 0 aliphatic rings. The quantitative estimate of drug-likeness (QED) is 0.577. The lowest BCUT2D eigenvalue weighted by Crippen LogP contribution is -2.18. The predicted molar refractivity (Wildman–Crippen MR) is 37.8 cm³/mol. The van der Waals surface area contributed by atoms with Crippen LogP contribution in [0.1, 0.15) is 13.8 Å². The van der Waals surface area contributed by atoms with Crippen LogP contribution in [-0.2, 0) is 4.74 Å². The first-order valence-electron chi connectivity index (χ1n) is 3.25. The van der Waals surface area contributed by atoms with E-state index in [1.165, 1.54) is 0 Å². The maximum absolute atomic E-state index is 9.67. The van der Waals surface area contributed by atoms with Crippen LogP contribution < -0.4 is 0 Å². The molecule has 0 fully saturated rings. The number of aliphatic hydroxyl groups is 1. The summed E-state index contributed by atoms with van der Waals surface area (Å²) in [5, 5.41) is 11.4. The Morgan fingerprint density at radius 1 is 1.60 bits per heavy atom. The van der Waals surface area contributed by atoms with Gasteiger partial charge in [-0.3, -0.25) is 0 Å². The third-order valence-corrected chi connectivity index (χ3v) is 0.954. The van der Waals surface area contributed by atoms with Crippen LogP contribution in [0.2, 0.25) is 0 Å². The van der Waals surface area contributed by atoms with Gasteiger partial charge in [0.25, 0.3) is 0 Å². The number of rotatable bonds is 5. The van der Waals surface area contributed by atoms with Gasteiger partial charge in [0.2, 0.25) is 0 Å². The molecule has 0 aromatic carbocycles. The molecule has 0 saturated heterocycles. The number of aliphatic hydroxyl groups excluding tert-OH is 1. The van der Waals surface area contributed by atoms with Crippen molar-refractivity contribution in [3.63, 3.8) is 0 Å². The molecule has 4 nitrogen and oxygen atoms in total. The molecule has 60 valence electrons. The van der Waals surface area contributed by atoms with Crippen LogP contribution in [0, 0.1) is 4.91 Å². The lowest BCUT2D eigenvalue weighted by atomic mass is 10.4. The first-order chi connectivity index (χ1) is 4.66. The van der Waals surface area contributed by atoms with Gasteiger partial charge in [0, 0.05) is 0 Å². The van der Waals surface area contributed by atoms with Gasteiger partial charge < -0.3 is 9.84 Å². The Labute approximate surface area is 60.2 Å². The third-order valence-electron chi connectivity index (χ3n) is 0.954. The minimum Gasteiger partial charge on any atom is -0.391 e. The average Bonchev–Trinajstić information content (AvgIpc) is 1.85. The van der Waals surface area contributed by atoms with Gasteiger partial charge in [-0.15, -0.1) is 0 Å². The molecule has 0 aromatic heterocycles. The highest BCUT2D eigenvalue weighted by atomic mass is 16.5. The average molecular weight is 147 g/mol. The zero-order valence-electron chi connectivity index (χ0n) is 6.28. The summed E-state index contributed by atoms with van der Waals surface area (Å²) in [7, 11) is 0. The predicted octanol–water partition coefficient (Wildman–Crippen LogP) is 0.539. The van der Waals surface area contributed by atoms with E-state index >= 15 is 0 Å². The first-order valence-corrected chi connectivity index (χ1v) is 3.25. The molecule has 10 heavy (non-hydrogen) atoms. The number of nitroso groups, excluding NO2 is 1. The van der Waals surface area contributed by atoms with Crippen LogP contribution in [0.15, 0.2) is 5.18 Å².